The van der Waals surface area contributed by atoms with Crippen LogP contribution in [-0.4, -0.2) is 49.0 Å². The van der Waals surface area contributed by atoms with E-state index in [9.17, 15) is 9.59 Å². The van der Waals surface area contributed by atoms with Gasteiger partial charge in [0, 0.05) is 6.04 Å². The molecule has 1 aliphatic rings. The highest BCUT2D eigenvalue weighted by Crippen LogP contribution is 2.36. The van der Waals surface area contributed by atoms with Crippen LogP contribution < -0.4 is 5.32 Å². The van der Waals surface area contributed by atoms with E-state index in [0.29, 0.717) is 17.6 Å². The number of hydrogen-bond donors (Lipinski definition) is 2. The summed E-state index contributed by atoms with van der Waals surface area (Å²) in [6.07, 6.45) is 2.66. The Bertz CT molecular complexity index is 488. The Morgan fingerprint density at radius 3 is 2.90 bits per heavy atom. The SMILES string of the molecule is CCC(CC(=O)O)NC(=O)CSc1nnnn1C1CC1. The number of hydrogen-bond acceptors (Lipinski definition) is 6. The van der Waals surface area contributed by atoms with Crippen molar-refractivity contribution in [1.29, 1.82) is 0 Å². The molecule has 1 amide bonds. The molecule has 1 fully saturated rings. The van der Waals surface area contributed by atoms with E-state index in [-0.39, 0.29) is 24.1 Å². The third-order valence-electron chi connectivity index (χ3n) is 2.97. The van der Waals surface area contributed by atoms with Crippen LogP contribution in [-0.2, 0) is 9.59 Å². The van der Waals surface area contributed by atoms with E-state index in [1.807, 2.05) is 6.92 Å². The number of thioether (sulfide) groups is 1. The molecule has 110 valence electrons. The molecule has 1 saturated carbocycles. The number of amides is 1. The van der Waals surface area contributed by atoms with Gasteiger partial charge in [-0.2, -0.15) is 0 Å². The first-order valence-electron chi connectivity index (χ1n) is 6.52. The number of aromatic nitrogens is 4. The number of nitrogens with zero attached hydrogens (tertiary/aromatic N) is 4. The van der Waals surface area contributed by atoms with Gasteiger partial charge in [-0.25, -0.2) is 4.68 Å². The summed E-state index contributed by atoms with van der Waals surface area (Å²) in [6, 6.07) is 0.0333. The van der Waals surface area contributed by atoms with E-state index in [0.717, 1.165) is 12.8 Å². The lowest BCUT2D eigenvalue weighted by Gasteiger charge is -2.14. The van der Waals surface area contributed by atoms with Crippen molar-refractivity contribution < 1.29 is 14.7 Å². The second-order valence-electron chi connectivity index (χ2n) is 4.70. The standard InChI is InChI=1S/C11H17N5O3S/c1-2-7(5-10(18)19)12-9(17)6-20-11-13-14-15-16(11)8-3-4-8/h7-8H,2-6H2,1H3,(H,12,17)(H,18,19). The minimum absolute atomic E-state index is 0.0628. The molecule has 8 nitrogen and oxygen atoms in total. The zero-order valence-corrected chi connectivity index (χ0v) is 12.0. The maximum atomic E-state index is 11.8. The van der Waals surface area contributed by atoms with Gasteiger partial charge in [0.15, 0.2) is 0 Å². The van der Waals surface area contributed by atoms with E-state index >= 15 is 0 Å². The molecular weight excluding hydrogens is 282 g/mol. The summed E-state index contributed by atoms with van der Waals surface area (Å²) in [6.45, 7) is 1.84. The van der Waals surface area contributed by atoms with Crippen molar-refractivity contribution in [3.8, 4) is 0 Å². The summed E-state index contributed by atoms with van der Waals surface area (Å²) in [5, 5.41) is 23.5. The fraction of sp³-hybridized carbons (Fsp3) is 0.727. The van der Waals surface area contributed by atoms with Crippen LogP contribution in [0.5, 0.6) is 0 Å². The minimum Gasteiger partial charge on any atom is -0.481 e. The van der Waals surface area contributed by atoms with Crippen LogP contribution in [0.3, 0.4) is 0 Å². The normalized spacial score (nSPS) is 15.8. The number of tetrazole rings is 1. The van der Waals surface area contributed by atoms with Gasteiger partial charge in [0.2, 0.25) is 11.1 Å². The zero-order valence-electron chi connectivity index (χ0n) is 11.2. The molecule has 2 rings (SSSR count). The molecule has 0 aromatic carbocycles. The van der Waals surface area contributed by atoms with Gasteiger partial charge in [-0.3, -0.25) is 9.59 Å². The number of rotatable bonds is 8. The monoisotopic (exact) mass is 299 g/mol. The van der Waals surface area contributed by atoms with E-state index in [1.165, 1.54) is 11.8 Å². The van der Waals surface area contributed by atoms with Crippen LogP contribution in [0.25, 0.3) is 0 Å². The predicted molar refractivity (Wildman–Crippen MR) is 71.3 cm³/mol. The molecule has 1 aliphatic carbocycles. The van der Waals surface area contributed by atoms with Gasteiger partial charge in [0.25, 0.3) is 0 Å². The Balaban J connectivity index is 1.79. The average Bonchev–Trinajstić information content (AvgIpc) is 3.14. The molecule has 2 N–H and O–H groups in total. The van der Waals surface area contributed by atoms with Crippen LogP contribution in [0.15, 0.2) is 5.16 Å². The summed E-state index contributed by atoms with van der Waals surface area (Å²) >= 11 is 1.27. The second-order valence-corrected chi connectivity index (χ2v) is 5.64. The van der Waals surface area contributed by atoms with Crippen LogP contribution in [0, 0.1) is 0 Å². The molecule has 9 heteroatoms. The lowest BCUT2D eigenvalue weighted by Crippen LogP contribution is -2.37. The van der Waals surface area contributed by atoms with Crippen molar-refractivity contribution in [2.45, 2.75) is 49.8 Å². The number of carbonyl (C=O) groups is 2. The van der Waals surface area contributed by atoms with Crippen molar-refractivity contribution in [3.05, 3.63) is 0 Å². The predicted octanol–water partition coefficient (Wildman–Crippen LogP) is 0.470. The maximum absolute atomic E-state index is 11.8. The Kier molecular flexibility index (Phi) is 4.94. The van der Waals surface area contributed by atoms with Gasteiger partial charge in [-0.1, -0.05) is 18.7 Å². The summed E-state index contributed by atoms with van der Waals surface area (Å²) in [5.41, 5.74) is 0. The fourth-order valence-electron chi connectivity index (χ4n) is 1.74. The molecule has 20 heavy (non-hydrogen) atoms. The maximum Gasteiger partial charge on any atom is 0.305 e. The molecule has 0 radical (unpaired) electrons. The second kappa shape index (κ2) is 6.69. The summed E-state index contributed by atoms with van der Waals surface area (Å²) in [5.74, 6) is -0.931. The van der Waals surface area contributed by atoms with Crippen LogP contribution in [0.1, 0.15) is 38.6 Å². The van der Waals surface area contributed by atoms with Crippen molar-refractivity contribution in [3.63, 3.8) is 0 Å². The molecule has 1 unspecified atom stereocenters. The highest BCUT2D eigenvalue weighted by molar-refractivity contribution is 7.99. The first kappa shape index (κ1) is 14.8. The Labute approximate surface area is 120 Å². The van der Waals surface area contributed by atoms with Crippen LogP contribution in [0.2, 0.25) is 0 Å². The molecule has 1 aromatic rings. The van der Waals surface area contributed by atoms with Gasteiger partial charge >= 0.3 is 5.97 Å². The number of carboxylic acids is 1. The lowest BCUT2D eigenvalue weighted by molar-refractivity contribution is -0.137. The van der Waals surface area contributed by atoms with E-state index < -0.39 is 5.97 Å². The van der Waals surface area contributed by atoms with Crippen LogP contribution in [0.4, 0.5) is 0 Å². The number of nitrogens with one attached hydrogen (secondary N) is 1. The van der Waals surface area contributed by atoms with Crippen molar-refractivity contribution in [1.82, 2.24) is 25.5 Å². The minimum atomic E-state index is -0.914. The smallest absolute Gasteiger partial charge is 0.305 e. The Hall–Kier alpha value is -1.64. The van der Waals surface area contributed by atoms with Crippen LogP contribution >= 0.6 is 11.8 Å². The van der Waals surface area contributed by atoms with Gasteiger partial charge < -0.3 is 10.4 Å². The number of carbonyl (C=O) groups excluding carboxylic acids is 1. The largest absolute Gasteiger partial charge is 0.481 e. The average molecular weight is 299 g/mol. The molecule has 1 aromatic heterocycles. The van der Waals surface area contributed by atoms with Crippen molar-refractivity contribution in [2.24, 2.45) is 0 Å². The van der Waals surface area contributed by atoms with Gasteiger partial charge in [0.1, 0.15) is 0 Å². The van der Waals surface area contributed by atoms with Gasteiger partial charge in [-0.05, 0) is 29.7 Å². The third-order valence-corrected chi connectivity index (χ3v) is 3.90. The topological polar surface area (TPSA) is 110 Å². The molecule has 0 aliphatic heterocycles. The van der Waals surface area contributed by atoms with Gasteiger partial charge in [-0.15, -0.1) is 5.10 Å². The van der Waals surface area contributed by atoms with E-state index in [1.54, 1.807) is 4.68 Å². The Morgan fingerprint density at radius 1 is 1.55 bits per heavy atom. The first-order valence-corrected chi connectivity index (χ1v) is 7.50. The number of carboxylic acid groups (broad SMARTS) is 1. The summed E-state index contributed by atoms with van der Waals surface area (Å²) in [7, 11) is 0. The first-order chi connectivity index (χ1) is 9.60. The molecule has 1 heterocycles. The van der Waals surface area contributed by atoms with Crippen molar-refractivity contribution >= 4 is 23.6 Å². The van der Waals surface area contributed by atoms with E-state index in [4.69, 9.17) is 5.11 Å². The van der Waals surface area contributed by atoms with E-state index in [2.05, 4.69) is 20.8 Å². The number of aliphatic carboxylic acids is 1. The summed E-state index contributed by atoms with van der Waals surface area (Å²) in [4.78, 5) is 22.4. The summed E-state index contributed by atoms with van der Waals surface area (Å²) < 4.78 is 1.74. The highest BCUT2D eigenvalue weighted by Gasteiger charge is 2.28. The molecule has 1 atom stereocenters. The molecule has 0 spiro atoms. The fourth-order valence-corrected chi connectivity index (χ4v) is 2.49. The Morgan fingerprint density at radius 2 is 2.30 bits per heavy atom. The lowest BCUT2D eigenvalue weighted by atomic mass is 10.1. The van der Waals surface area contributed by atoms with Crippen molar-refractivity contribution in [2.75, 3.05) is 5.75 Å². The molecular formula is C11H17N5O3S. The third kappa shape index (κ3) is 4.19. The van der Waals surface area contributed by atoms with Gasteiger partial charge in [0.05, 0.1) is 18.2 Å². The molecule has 0 saturated heterocycles. The highest BCUT2D eigenvalue weighted by atomic mass is 32.2. The zero-order chi connectivity index (χ0) is 14.5. The quantitative estimate of drug-likeness (QED) is 0.671. The molecule has 0 bridgehead atoms.